The maximum absolute atomic E-state index is 8.50. The van der Waals surface area contributed by atoms with Crippen LogP contribution in [-0.2, 0) is 0 Å². The van der Waals surface area contributed by atoms with Crippen molar-refractivity contribution < 1.29 is 4.74 Å². The van der Waals surface area contributed by atoms with Crippen molar-refractivity contribution in [2.45, 2.75) is 13.0 Å². The van der Waals surface area contributed by atoms with Crippen molar-refractivity contribution >= 4 is 33.0 Å². The van der Waals surface area contributed by atoms with Gasteiger partial charge in [0.05, 0.1) is 6.04 Å². The Morgan fingerprint density at radius 3 is 3.00 bits per heavy atom. The van der Waals surface area contributed by atoms with Crippen LogP contribution in [0.25, 0.3) is 0 Å². The van der Waals surface area contributed by atoms with Gasteiger partial charge in [0.1, 0.15) is 11.8 Å². The Morgan fingerprint density at radius 1 is 1.47 bits per heavy atom. The van der Waals surface area contributed by atoms with Gasteiger partial charge in [-0.1, -0.05) is 6.07 Å². The third-order valence-electron chi connectivity index (χ3n) is 2.54. The molecule has 1 unspecified atom stereocenters. The smallest absolute Gasteiger partial charge is 0.174 e. The molecule has 1 aromatic carbocycles. The SMILES string of the molecule is CC(Nc1cccc(OCC#N)c1)c1cc(Br)cs1. The lowest BCUT2D eigenvalue weighted by Crippen LogP contribution is -2.05. The molecule has 19 heavy (non-hydrogen) atoms. The summed E-state index contributed by atoms with van der Waals surface area (Å²) >= 11 is 5.17. The third-order valence-corrected chi connectivity index (χ3v) is 4.41. The number of nitrogens with one attached hydrogen (secondary N) is 1. The molecule has 2 rings (SSSR count). The molecular formula is C14H13BrN2OS. The van der Waals surface area contributed by atoms with Crippen molar-refractivity contribution in [3.63, 3.8) is 0 Å². The van der Waals surface area contributed by atoms with Gasteiger partial charge in [0, 0.05) is 26.5 Å². The molecule has 0 fully saturated rings. The minimum absolute atomic E-state index is 0.0663. The largest absolute Gasteiger partial charge is 0.479 e. The maximum Gasteiger partial charge on any atom is 0.174 e. The van der Waals surface area contributed by atoms with Crippen molar-refractivity contribution in [2.24, 2.45) is 0 Å². The van der Waals surface area contributed by atoms with Crippen LogP contribution in [0.2, 0.25) is 0 Å². The minimum Gasteiger partial charge on any atom is -0.479 e. The van der Waals surface area contributed by atoms with Crippen LogP contribution >= 0.6 is 27.3 Å². The molecule has 0 bridgehead atoms. The number of ether oxygens (including phenoxy) is 1. The molecule has 0 aliphatic heterocycles. The second kappa shape index (κ2) is 6.60. The Labute approximate surface area is 125 Å². The molecule has 0 saturated heterocycles. The molecule has 2 aromatic rings. The summed E-state index contributed by atoms with van der Waals surface area (Å²) < 4.78 is 6.39. The number of nitrogens with zero attached hydrogens (tertiary/aromatic N) is 1. The van der Waals surface area contributed by atoms with Crippen molar-refractivity contribution in [1.29, 1.82) is 5.26 Å². The van der Waals surface area contributed by atoms with Crippen molar-refractivity contribution in [1.82, 2.24) is 0 Å². The number of rotatable bonds is 5. The number of nitriles is 1. The van der Waals surface area contributed by atoms with Gasteiger partial charge in [0.2, 0.25) is 0 Å². The molecule has 98 valence electrons. The van der Waals surface area contributed by atoms with Gasteiger partial charge in [0.15, 0.2) is 6.61 Å². The summed E-state index contributed by atoms with van der Waals surface area (Å²) in [7, 11) is 0. The fourth-order valence-corrected chi connectivity index (χ4v) is 3.12. The van der Waals surface area contributed by atoms with Gasteiger partial charge < -0.3 is 10.1 Å². The average Bonchev–Trinajstić information content (AvgIpc) is 2.83. The van der Waals surface area contributed by atoms with Crippen LogP contribution in [0, 0.1) is 11.3 Å². The van der Waals surface area contributed by atoms with E-state index >= 15 is 0 Å². The fraction of sp³-hybridized carbons (Fsp3) is 0.214. The lowest BCUT2D eigenvalue weighted by atomic mass is 10.2. The van der Waals surface area contributed by atoms with Crippen LogP contribution in [0.1, 0.15) is 17.8 Å². The molecule has 0 saturated carbocycles. The summed E-state index contributed by atoms with van der Waals surface area (Å²) in [6, 6.07) is 11.9. The van der Waals surface area contributed by atoms with E-state index in [1.54, 1.807) is 11.3 Å². The summed E-state index contributed by atoms with van der Waals surface area (Å²) in [5.74, 6) is 0.700. The lowest BCUT2D eigenvalue weighted by molar-refractivity contribution is 0.368. The van der Waals surface area contributed by atoms with E-state index in [-0.39, 0.29) is 12.6 Å². The number of halogens is 1. The predicted octanol–water partition coefficient (Wildman–Crippen LogP) is 4.59. The standard InChI is InChI=1S/C14H13BrN2OS/c1-10(14-7-11(15)9-19-14)17-12-3-2-4-13(8-12)18-6-5-16/h2-4,7-10,17H,6H2,1H3. The molecule has 5 heteroatoms. The zero-order valence-corrected chi connectivity index (χ0v) is 12.8. The van der Waals surface area contributed by atoms with Crippen molar-refractivity contribution in [3.05, 3.63) is 45.1 Å². The fourth-order valence-electron chi connectivity index (χ4n) is 1.67. The summed E-state index contributed by atoms with van der Waals surface area (Å²) in [4.78, 5) is 1.26. The van der Waals surface area contributed by atoms with Crippen molar-refractivity contribution in [3.8, 4) is 11.8 Å². The first-order valence-electron chi connectivity index (χ1n) is 5.79. The molecule has 1 atom stereocenters. The summed E-state index contributed by atoms with van der Waals surface area (Å²) in [6.07, 6.45) is 0. The quantitative estimate of drug-likeness (QED) is 0.868. The van der Waals surface area contributed by atoms with Crippen molar-refractivity contribution in [2.75, 3.05) is 11.9 Å². The Balaban J connectivity index is 2.04. The van der Waals surface area contributed by atoms with E-state index in [4.69, 9.17) is 10.00 Å². The van der Waals surface area contributed by atoms with Gasteiger partial charge >= 0.3 is 0 Å². The normalized spacial score (nSPS) is 11.6. The highest BCUT2D eigenvalue weighted by atomic mass is 79.9. The molecule has 0 aliphatic rings. The lowest BCUT2D eigenvalue weighted by Gasteiger charge is -2.14. The molecule has 1 aromatic heterocycles. The van der Waals surface area contributed by atoms with E-state index in [1.807, 2.05) is 30.3 Å². The number of thiophene rings is 1. The summed E-state index contributed by atoms with van der Waals surface area (Å²) in [6.45, 7) is 2.18. The first-order chi connectivity index (χ1) is 9.19. The van der Waals surface area contributed by atoms with Gasteiger partial charge in [-0.05, 0) is 41.1 Å². The summed E-state index contributed by atoms with van der Waals surface area (Å²) in [5.41, 5.74) is 0.979. The van der Waals surface area contributed by atoms with Crippen LogP contribution in [0.4, 0.5) is 5.69 Å². The van der Waals surface area contributed by atoms with E-state index in [1.165, 1.54) is 4.88 Å². The van der Waals surface area contributed by atoms with Crippen LogP contribution in [-0.4, -0.2) is 6.61 Å². The van der Waals surface area contributed by atoms with E-state index in [2.05, 4.69) is 39.6 Å². The highest BCUT2D eigenvalue weighted by Gasteiger charge is 2.08. The molecule has 1 N–H and O–H groups in total. The average molecular weight is 337 g/mol. The van der Waals surface area contributed by atoms with Gasteiger partial charge in [-0.25, -0.2) is 0 Å². The van der Waals surface area contributed by atoms with Crippen LogP contribution in [0.15, 0.2) is 40.2 Å². The molecule has 3 nitrogen and oxygen atoms in total. The predicted molar refractivity (Wildman–Crippen MR) is 81.6 cm³/mol. The van der Waals surface area contributed by atoms with E-state index in [9.17, 15) is 0 Å². The highest BCUT2D eigenvalue weighted by Crippen LogP contribution is 2.28. The second-order valence-corrected chi connectivity index (χ2v) is 5.87. The first kappa shape index (κ1) is 13.9. The number of benzene rings is 1. The van der Waals surface area contributed by atoms with E-state index in [0.717, 1.165) is 10.2 Å². The molecule has 0 radical (unpaired) electrons. The van der Waals surface area contributed by atoms with E-state index < -0.39 is 0 Å². The molecule has 0 aliphatic carbocycles. The molecule has 1 heterocycles. The third kappa shape index (κ3) is 3.98. The molecule has 0 amide bonds. The number of hydrogen-bond donors (Lipinski definition) is 1. The Kier molecular flexibility index (Phi) is 4.83. The first-order valence-corrected chi connectivity index (χ1v) is 7.46. The monoisotopic (exact) mass is 336 g/mol. The van der Waals surface area contributed by atoms with Crippen LogP contribution in [0.5, 0.6) is 5.75 Å². The molecular weight excluding hydrogens is 324 g/mol. The number of hydrogen-bond acceptors (Lipinski definition) is 4. The second-order valence-electron chi connectivity index (χ2n) is 4.01. The van der Waals surface area contributed by atoms with Gasteiger partial charge in [-0.15, -0.1) is 11.3 Å². The maximum atomic E-state index is 8.50. The van der Waals surface area contributed by atoms with Gasteiger partial charge in [-0.2, -0.15) is 5.26 Å². The topological polar surface area (TPSA) is 45.0 Å². The number of anilines is 1. The molecule has 0 spiro atoms. The van der Waals surface area contributed by atoms with Crippen LogP contribution in [0.3, 0.4) is 0 Å². The van der Waals surface area contributed by atoms with Gasteiger partial charge in [-0.3, -0.25) is 0 Å². The minimum atomic E-state index is 0.0663. The highest BCUT2D eigenvalue weighted by molar-refractivity contribution is 9.10. The van der Waals surface area contributed by atoms with Gasteiger partial charge in [0.25, 0.3) is 0 Å². The Morgan fingerprint density at radius 2 is 2.32 bits per heavy atom. The van der Waals surface area contributed by atoms with E-state index in [0.29, 0.717) is 5.75 Å². The Bertz CT molecular complexity index is 591. The van der Waals surface area contributed by atoms with Crippen LogP contribution < -0.4 is 10.1 Å². The summed E-state index contributed by atoms with van der Waals surface area (Å²) in [5, 5.41) is 14.0. The Hall–Kier alpha value is -1.51. The zero-order chi connectivity index (χ0) is 13.7. The zero-order valence-electron chi connectivity index (χ0n) is 10.4.